The molecule has 0 bridgehead atoms. The first-order valence-electron chi connectivity index (χ1n) is 6.87. The van der Waals surface area contributed by atoms with Crippen LogP contribution in [0.2, 0.25) is 10.0 Å². The van der Waals surface area contributed by atoms with Gasteiger partial charge in [0.05, 0.1) is 22.2 Å². The number of rotatable bonds is 5. The first-order chi connectivity index (χ1) is 11.3. The number of carbonyl (C=O) groups is 2. The van der Waals surface area contributed by atoms with Crippen LogP contribution >= 0.6 is 23.2 Å². The molecular formula is C16H13Cl2FN2O3. The summed E-state index contributed by atoms with van der Waals surface area (Å²) in [7, 11) is 0. The van der Waals surface area contributed by atoms with E-state index < -0.39 is 24.3 Å². The zero-order valence-corrected chi connectivity index (χ0v) is 14.1. The van der Waals surface area contributed by atoms with Crippen LogP contribution < -0.4 is 5.32 Å². The molecule has 1 amide bonds. The van der Waals surface area contributed by atoms with E-state index in [1.54, 1.807) is 13.0 Å². The van der Waals surface area contributed by atoms with Crippen LogP contribution in [0.4, 0.5) is 10.2 Å². The summed E-state index contributed by atoms with van der Waals surface area (Å²) >= 11 is 11.8. The van der Waals surface area contributed by atoms with Crippen LogP contribution in [0.1, 0.15) is 11.3 Å². The molecule has 24 heavy (non-hydrogen) atoms. The molecule has 0 saturated heterocycles. The van der Waals surface area contributed by atoms with Crippen LogP contribution in [0.25, 0.3) is 0 Å². The quantitative estimate of drug-likeness (QED) is 0.817. The molecule has 1 aromatic carbocycles. The molecule has 1 aromatic heterocycles. The first-order valence-corrected chi connectivity index (χ1v) is 7.63. The Morgan fingerprint density at radius 1 is 1.25 bits per heavy atom. The summed E-state index contributed by atoms with van der Waals surface area (Å²) in [6.07, 6.45) is -0.135. The number of halogens is 3. The number of hydrogen-bond donors (Lipinski definition) is 1. The van der Waals surface area contributed by atoms with Gasteiger partial charge in [0.1, 0.15) is 5.82 Å². The number of benzene rings is 1. The molecule has 0 saturated carbocycles. The minimum absolute atomic E-state index is 0.129. The lowest BCUT2D eigenvalue weighted by molar-refractivity contribution is -0.146. The summed E-state index contributed by atoms with van der Waals surface area (Å²) in [5.41, 5.74) is 0.956. The normalized spacial score (nSPS) is 10.3. The number of amides is 1. The lowest BCUT2D eigenvalue weighted by atomic mass is 10.1. The van der Waals surface area contributed by atoms with Crippen molar-refractivity contribution in [2.45, 2.75) is 13.3 Å². The van der Waals surface area contributed by atoms with Gasteiger partial charge in [0, 0.05) is 0 Å². The molecule has 5 nitrogen and oxygen atoms in total. The second-order valence-electron chi connectivity index (χ2n) is 4.90. The van der Waals surface area contributed by atoms with Crippen LogP contribution in [0.3, 0.4) is 0 Å². The molecule has 0 spiro atoms. The van der Waals surface area contributed by atoms with E-state index in [1.165, 1.54) is 24.3 Å². The minimum Gasteiger partial charge on any atom is -0.455 e. The van der Waals surface area contributed by atoms with Gasteiger partial charge in [0.25, 0.3) is 5.91 Å². The monoisotopic (exact) mass is 370 g/mol. The lowest BCUT2D eigenvalue weighted by Gasteiger charge is -2.09. The Morgan fingerprint density at radius 3 is 2.71 bits per heavy atom. The summed E-state index contributed by atoms with van der Waals surface area (Å²) in [5, 5.41) is 2.97. The highest BCUT2D eigenvalue weighted by Gasteiger charge is 2.13. The fourth-order valence-corrected chi connectivity index (χ4v) is 2.23. The number of nitrogens with one attached hydrogen (secondary N) is 1. The summed E-state index contributed by atoms with van der Waals surface area (Å²) in [6, 6.07) is 7.03. The van der Waals surface area contributed by atoms with E-state index >= 15 is 0 Å². The Kier molecular flexibility index (Phi) is 6.11. The lowest BCUT2D eigenvalue weighted by Crippen LogP contribution is -2.22. The standard InChI is InChI=1S/C16H13Cl2FN2O3/c1-9-12(17)7-13(18)16(20-9)21-14(22)8-24-15(23)6-10-3-2-4-11(19)5-10/h2-5,7H,6,8H2,1H3,(H,20,21,22). The van der Waals surface area contributed by atoms with Gasteiger partial charge in [-0.3, -0.25) is 9.59 Å². The number of ether oxygens (including phenoxy) is 1. The summed E-state index contributed by atoms with van der Waals surface area (Å²) in [4.78, 5) is 27.5. The minimum atomic E-state index is -0.651. The molecule has 2 rings (SSSR count). The van der Waals surface area contributed by atoms with Crippen LogP contribution in [0.5, 0.6) is 0 Å². The van der Waals surface area contributed by atoms with Crippen LogP contribution in [-0.2, 0) is 20.7 Å². The number of aromatic nitrogens is 1. The van der Waals surface area contributed by atoms with Gasteiger partial charge in [-0.2, -0.15) is 0 Å². The molecule has 0 atom stereocenters. The topological polar surface area (TPSA) is 68.3 Å². The maximum absolute atomic E-state index is 13.0. The van der Waals surface area contributed by atoms with Gasteiger partial charge in [0.15, 0.2) is 12.4 Å². The molecule has 8 heteroatoms. The molecule has 0 aliphatic heterocycles. The number of nitrogens with zero attached hydrogens (tertiary/aromatic N) is 1. The van der Waals surface area contributed by atoms with Crippen molar-refractivity contribution in [1.82, 2.24) is 4.98 Å². The third-order valence-corrected chi connectivity index (χ3v) is 3.64. The molecule has 1 N–H and O–H groups in total. The van der Waals surface area contributed by atoms with Gasteiger partial charge in [-0.1, -0.05) is 35.3 Å². The molecule has 126 valence electrons. The second-order valence-corrected chi connectivity index (χ2v) is 5.72. The molecule has 0 fully saturated rings. The first kappa shape index (κ1) is 18.2. The van der Waals surface area contributed by atoms with Crippen LogP contribution in [0.15, 0.2) is 30.3 Å². The predicted molar refractivity (Wildman–Crippen MR) is 88.7 cm³/mol. The van der Waals surface area contributed by atoms with E-state index in [9.17, 15) is 14.0 Å². The third kappa shape index (κ3) is 5.18. The van der Waals surface area contributed by atoms with E-state index in [0.717, 1.165) is 0 Å². The summed E-state index contributed by atoms with van der Waals surface area (Å²) in [6.45, 7) is 1.15. The predicted octanol–water partition coefficient (Wildman–Crippen LogP) is 3.56. The Morgan fingerprint density at radius 2 is 2.00 bits per heavy atom. The van der Waals surface area contributed by atoms with Gasteiger partial charge in [-0.25, -0.2) is 9.37 Å². The highest BCUT2D eigenvalue weighted by atomic mass is 35.5. The number of carbonyl (C=O) groups excluding carboxylic acids is 2. The molecule has 0 aliphatic rings. The number of aryl methyl sites for hydroxylation is 1. The molecular weight excluding hydrogens is 358 g/mol. The highest BCUT2D eigenvalue weighted by Crippen LogP contribution is 2.25. The number of hydrogen-bond acceptors (Lipinski definition) is 4. The van der Waals surface area contributed by atoms with Crippen molar-refractivity contribution in [1.29, 1.82) is 0 Å². The maximum Gasteiger partial charge on any atom is 0.310 e. The maximum atomic E-state index is 13.0. The fourth-order valence-electron chi connectivity index (χ4n) is 1.83. The van der Waals surface area contributed by atoms with E-state index in [-0.39, 0.29) is 17.3 Å². The SMILES string of the molecule is Cc1nc(NC(=O)COC(=O)Cc2cccc(F)c2)c(Cl)cc1Cl. The largest absolute Gasteiger partial charge is 0.455 e. The van der Waals surface area contributed by atoms with Gasteiger partial charge in [-0.05, 0) is 30.7 Å². The zero-order chi connectivity index (χ0) is 17.7. The number of anilines is 1. The van der Waals surface area contributed by atoms with E-state index in [4.69, 9.17) is 27.9 Å². The zero-order valence-electron chi connectivity index (χ0n) is 12.6. The van der Waals surface area contributed by atoms with Crippen molar-refractivity contribution in [3.63, 3.8) is 0 Å². The van der Waals surface area contributed by atoms with Gasteiger partial charge in [-0.15, -0.1) is 0 Å². The molecule has 0 aliphatic carbocycles. The smallest absolute Gasteiger partial charge is 0.310 e. The second kappa shape index (κ2) is 8.08. The molecule has 1 heterocycles. The van der Waals surface area contributed by atoms with Crippen molar-refractivity contribution < 1.29 is 18.7 Å². The fraction of sp³-hybridized carbons (Fsp3) is 0.188. The van der Waals surface area contributed by atoms with E-state index in [1.807, 2.05) is 0 Å². The van der Waals surface area contributed by atoms with Crippen LogP contribution in [-0.4, -0.2) is 23.5 Å². The average Bonchev–Trinajstić information content (AvgIpc) is 2.51. The summed E-state index contributed by atoms with van der Waals surface area (Å²) < 4.78 is 17.9. The third-order valence-electron chi connectivity index (χ3n) is 2.96. The van der Waals surface area contributed by atoms with E-state index in [0.29, 0.717) is 16.3 Å². The van der Waals surface area contributed by atoms with Crippen molar-refractivity contribution in [2.75, 3.05) is 11.9 Å². The number of pyridine rings is 1. The van der Waals surface area contributed by atoms with Crippen molar-refractivity contribution in [2.24, 2.45) is 0 Å². The van der Waals surface area contributed by atoms with Gasteiger partial charge < -0.3 is 10.1 Å². The average molecular weight is 371 g/mol. The Bertz CT molecular complexity index is 784. The van der Waals surface area contributed by atoms with Crippen LogP contribution in [0, 0.1) is 12.7 Å². The molecule has 2 aromatic rings. The van der Waals surface area contributed by atoms with Gasteiger partial charge >= 0.3 is 5.97 Å². The molecule has 0 unspecified atom stereocenters. The summed E-state index contributed by atoms with van der Waals surface area (Å²) in [5.74, 6) is -1.57. The van der Waals surface area contributed by atoms with Crippen molar-refractivity contribution in [3.8, 4) is 0 Å². The Hall–Kier alpha value is -2.18. The highest BCUT2D eigenvalue weighted by molar-refractivity contribution is 6.36. The molecule has 0 radical (unpaired) electrons. The van der Waals surface area contributed by atoms with E-state index in [2.05, 4.69) is 10.3 Å². The van der Waals surface area contributed by atoms with Gasteiger partial charge in [0.2, 0.25) is 0 Å². The Labute approximate surface area is 147 Å². The van der Waals surface area contributed by atoms with Crippen molar-refractivity contribution >= 4 is 40.9 Å². The van der Waals surface area contributed by atoms with Crippen molar-refractivity contribution in [3.05, 3.63) is 57.5 Å². The Balaban J connectivity index is 1.87. The number of esters is 1.